The lowest BCUT2D eigenvalue weighted by atomic mass is 10.1. The number of aryl methyl sites for hydroxylation is 1. The SMILES string of the molecule is COc1ccc(CN(C)C(=O)Cc2ccc(C)cc2)cc1. The van der Waals surface area contributed by atoms with E-state index in [0.29, 0.717) is 13.0 Å². The largest absolute Gasteiger partial charge is 0.497 e. The number of carbonyl (C=O) groups is 1. The van der Waals surface area contributed by atoms with Crippen molar-refractivity contribution < 1.29 is 9.53 Å². The van der Waals surface area contributed by atoms with E-state index >= 15 is 0 Å². The molecule has 0 radical (unpaired) electrons. The summed E-state index contributed by atoms with van der Waals surface area (Å²) in [5.41, 5.74) is 3.35. The maximum atomic E-state index is 12.2. The van der Waals surface area contributed by atoms with Crippen molar-refractivity contribution in [2.75, 3.05) is 14.2 Å². The highest BCUT2D eigenvalue weighted by molar-refractivity contribution is 5.78. The third-order valence-electron chi connectivity index (χ3n) is 3.48. The van der Waals surface area contributed by atoms with Gasteiger partial charge >= 0.3 is 0 Å². The summed E-state index contributed by atoms with van der Waals surface area (Å²) in [6.45, 7) is 2.65. The summed E-state index contributed by atoms with van der Waals surface area (Å²) in [7, 11) is 3.48. The molecule has 0 aromatic heterocycles. The van der Waals surface area contributed by atoms with E-state index in [9.17, 15) is 4.79 Å². The van der Waals surface area contributed by atoms with Crippen molar-refractivity contribution in [1.29, 1.82) is 0 Å². The summed E-state index contributed by atoms with van der Waals surface area (Å²) in [4.78, 5) is 14.0. The number of ether oxygens (including phenoxy) is 1. The van der Waals surface area contributed by atoms with E-state index in [0.717, 1.165) is 16.9 Å². The minimum absolute atomic E-state index is 0.120. The highest BCUT2D eigenvalue weighted by atomic mass is 16.5. The van der Waals surface area contributed by atoms with Crippen LogP contribution in [-0.4, -0.2) is 25.0 Å². The van der Waals surface area contributed by atoms with E-state index in [1.54, 1.807) is 12.0 Å². The molecule has 0 fully saturated rings. The molecule has 3 nitrogen and oxygen atoms in total. The molecule has 0 aliphatic carbocycles. The van der Waals surface area contributed by atoms with E-state index in [1.165, 1.54) is 5.56 Å². The minimum Gasteiger partial charge on any atom is -0.497 e. The number of likely N-dealkylation sites (N-methyl/N-ethyl adjacent to an activating group) is 1. The quantitative estimate of drug-likeness (QED) is 0.843. The molecule has 1 amide bonds. The van der Waals surface area contributed by atoms with Crippen molar-refractivity contribution in [1.82, 2.24) is 4.90 Å². The van der Waals surface area contributed by atoms with Crippen LogP contribution in [0.15, 0.2) is 48.5 Å². The van der Waals surface area contributed by atoms with E-state index in [1.807, 2.05) is 62.5 Å². The number of rotatable bonds is 5. The van der Waals surface area contributed by atoms with Gasteiger partial charge in [-0.05, 0) is 30.2 Å². The molecule has 21 heavy (non-hydrogen) atoms. The number of hydrogen-bond donors (Lipinski definition) is 0. The lowest BCUT2D eigenvalue weighted by Crippen LogP contribution is -2.27. The van der Waals surface area contributed by atoms with Crippen LogP contribution in [0, 0.1) is 6.92 Å². The van der Waals surface area contributed by atoms with Crippen molar-refractivity contribution in [2.24, 2.45) is 0 Å². The molecule has 0 spiro atoms. The molecule has 0 heterocycles. The van der Waals surface area contributed by atoms with Crippen LogP contribution < -0.4 is 4.74 Å². The molecular weight excluding hydrogens is 262 g/mol. The van der Waals surface area contributed by atoms with Crippen LogP contribution in [0.3, 0.4) is 0 Å². The summed E-state index contributed by atoms with van der Waals surface area (Å²) < 4.78 is 5.13. The molecule has 0 N–H and O–H groups in total. The average Bonchev–Trinajstić information content (AvgIpc) is 2.50. The normalized spacial score (nSPS) is 10.2. The van der Waals surface area contributed by atoms with Gasteiger partial charge in [-0.25, -0.2) is 0 Å². The van der Waals surface area contributed by atoms with Crippen LogP contribution >= 0.6 is 0 Å². The number of amides is 1. The van der Waals surface area contributed by atoms with Crippen molar-refractivity contribution in [3.05, 3.63) is 65.2 Å². The van der Waals surface area contributed by atoms with Gasteiger partial charge in [0.15, 0.2) is 0 Å². The zero-order valence-corrected chi connectivity index (χ0v) is 12.8. The fourth-order valence-electron chi connectivity index (χ4n) is 2.11. The summed E-state index contributed by atoms with van der Waals surface area (Å²) in [5, 5.41) is 0. The number of benzene rings is 2. The van der Waals surface area contributed by atoms with Crippen LogP contribution in [0.5, 0.6) is 5.75 Å². The monoisotopic (exact) mass is 283 g/mol. The van der Waals surface area contributed by atoms with Gasteiger partial charge in [-0.2, -0.15) is 0 Å². The van der Waals surface area contributed by atoms with Gasteiger partial charge in [-0.1, -0.05) is 42.0 Å². The Morgan fingerprint density at radius 1 is 1.00 bits per heavy atom. The Balaban J connectivity index is 1.93. The van der Waals surface area contributed by atoms with Gasteiger partial charge in [0.2, 0.25) is 5.91 Å². The first-order valence-corrected chi connectivity index (χ1v) is 7.01. The molecule has 110 valence electrons. The minimum atomic E-state index is 0.120. The van der Waals surface area contributed by atoms with Gasteiger partial charge in [0.05, 0.1) is 13.5 Å². The second-order valence-electron chi connectivity index (χ2n) is 5.26. The zero-order chi connectivity index (χ0) is 15.2. The standard InChI is InChI=1S/C18H21NO2/c1-14-4-6-15(7-5-14)12-18(20)19(2)13-16-8-10-17(21-3)11-9-16/h4-11H,12-13H2,1-3H3. The number of hydrogen-bond acceptors (Lipinski definition) is 2. The molecule has 0 unspecified atom stereocenters. The maximum Gasteiger partial charge on any atom is 0.227 e. The molecule has 2 rings (SSSR count). The first-order chi connectivity index (χ1) is 10.1. The highest BCUT2D eigenvalue weighted by Crippen LogP contribution is 2.13. The fourth-order valence-corrected chi connectivity index (χ4v) is 2.11. The van der Waals surface area contributed by atoms with E-state index in [2.05, 4.69) is 0 Å². The molecule has 0 aliphatic heterocycles. The smallest absolute Gasteiger partial charge is 0.227 e. The number of carbonyl (C=O) groups excluding carboxylic acids is 1. The van der Waals surface area contributed by atoms with Crippen molar-refractivity contribution in [3.63, 3.8) is 0 Å². The van der Waals surface area contributed by atoms with Crippen LogP contribution in [-0.2, 0) is 17.8 Å². The lowest BCUT2D eigenvalue weighted by Gasteiger charge is -2.17. The maximum absolute atomic E-state index is 12.2. The Labute approximate surface area is 126 Å². The molecule has 0 saturated heterocycles. The van der Waals surface area contributed by atoms with Gasteiger partial charge in [0.25, 0.3) is 0 Å². The van der Waals surface area contributed by atoms with Gasteiger partial charge in [0, 0.05) is 13.6 Å². The Morgan fingerprint density at radius 3 is 2.14 bits per heavy atom. The van der Waals surface area contributed by atoms with Crippen molar-refractivity contribution >= 4 is 5.91 Å². The second kappa shape index (κ2) is 6.93. The summed E-state index contributed by atoms with van der Waals surface area (Å²) in [6, 6.07) is 15.9. The van der Waals surface area contributed by atoms with E-state index in [-0.39, 0.29) is 5.91 Å². The molecular formula is C18H21NO2. The van der Waals surface area contributed by atoms with E-state index in [4.69, 9.17) is 4.74 Å². The Kier molecular flexibility index (Phi) is 4.99. The molecule has 0 atom stereocenters. The first kappa shape index (κ1) is 15.1. The molecule has 3 heteroatoms. The summed E-state index contributed by atoms with van der Waals surface area (Å²) >= 11 is 0. The molecule has 0 bridgehead atoms. The van der Waals surface area contributed by atoms with Crippen LogP contribution in [0.1, 0.15) is 16.7 Å². The van der Waals surface area contributed by atoms with Gasteiger partial charge in [-0.15, -0.1) is 0 Å². The first-order valence-electron chi connectivity index (χ1n) is 7.01. The van der Waals surface area contributed by atoms with E-state index < -0.39 is 0 Å². The van der Waals surface area contributed by atoms with Gasteiger partial charge < -0.3 is 9.64 Å². The second-order valence-corrected chi connectivity index (χ2v) is 5.26. The molecule has 0 aliphatic rings. The third-order valence-corrected chi connectivity index (χ3v) is 3.48. The summed E-state index contributed by atoms with van der Waals surface area (Å²) in [5.74, 6) is 0.946. The van der Waals surface area contributed by atoms with Gasteiger partial charge in [0.1, 0.15) is 5.75 Å². The van der Waals surface area contributed by atoms with Crippen LogP contribution in [0.2, 0.25) is 0 Å². The highest BCUT2D eigenvalue weighted by Gasteiger charge is 2.10. The third kappa shape index (κ3) is 4.35. The lowest BCUT2D eigenvalue weighted by molar-refractivity contribution is -0.129. The van der Waals surface area contributed by atoms with Crippen LogP contribution in [0.25, 0.3) is 0 Å². The Morgan fingerprint density at radius 2 is 1.57 bits per heavy atom. The Hall–Kier alpha value is -2.29. The molecule has 0 saturated carbocycles. The topological polar surface area (TPSA) is 29.5 Å². The predicted octanol–water partition coefficient (Wildman–Crippen LogP) is 3.20. The van der Waals surface area contributed by atoms with Gasteiger partial charge in [-0.3, -0.25) is 4.79 Å². The van der Waals surface area contributed by atoms with Crippen LogP contribution in [0.4, 0.5) is 0 Å². The summed E-state index contributed by atoms with van der Waals surface area (Å²) in [6.07, 6.45) is 0.437. The predicted molar refractivity (Wildman–Crippen MR) is 84.4 cm³/mol. The zero-order valence-electron chi connectivity index (χ0n) is 12.8. The number of nitrogens with zero attached hydrogens (tertiary/aromatic N) is 1. The molecule has 2 aromatic rings. The fraction of sp³-hybridized carbons (Fsp3) is 0.278. The average molecular weight is 283 g/mol. The van der Waals surface area contributed by atoms with Crippen molar-refractivity contribution in [3.8, 4) is 5.75 Å². The Bertz CT molecular complexity index is 588. The molecule has 2 aromatic carbocycles. The number of methoxy groups -OCH3 is 1. The van der Waals surface area contributed by atoms with Crippen molar-refractivity contribution in [2.45, 2.75) is 19.9 Å².